The molecule has 0 saturated heterocycles. The Bertz CT molecular complexity index is 340. The van der Waals surface area contributed by atoms with Crippen molar-refractivity contribution in [2.24, 2.45) is 11.8 Å². The Morgan fingerprint density at radius 2 is 1.94 bits per heavy atom. The summed E-state index contributed by atoms with van der Waals surface area (Å²) in [7, 11) is 0. The average Bonchev–Trinajstić information content (AvgIpc) is 2.82. The minimum absolute atomic E-state index is 0.300. The summed E-state index contributed by atoms with van der Waals surface area (Å²) in [6.07, 6.45) is -2.00. The monoisotopic (exact) mass is 277 g/mol. The molecule has 1 aromatic heterocycles. The lowest BCUT2D eigenvalue weighted by Crippen LogP contribution is -2.31. The Morgan fingerprint density at radius 3 is 2.50 bits per heavy atom. The Labute approximate surface area is 109 Å². The van der Waals surface area contributed by atoms with E-state index in [9.17, 15) is 13.2 Å². The summed E-state index contributed by atoms with van der Waals surface area (Å²) in [5, 5.41) is 5.37. The minimum atomic E-state index is -3.99. The first-order chi connectivity index (χ1) is 8.55. The van der Waals surface area contributed by atoms with Crippen molar-refractivity contribution in [2.75, 3.05) is 6.54 Å². The molecular weight excluding hydrogens is 259 g/mol. The summed E-state index contributed by atoms with van der Waals surface area (Å²) in [4.78, 5) is 1.28. The van der Waals surface area contributed by atoms with Crippen LogP contribution < -0.4 is 5.32 Å². The van der Waals surface area contributed by atoms with Crippen LogP contribution in [0.5, 0.6) is 0 Å². The summed E-state index contributed by atoms with van der Waals surface area (Å²) >= 11 is 1.70. The molecule has 0 spiro atoms. The number of hydrogen-bond donors (Lipinski definition) is 1. The molecule has 1 aliphatic rings. The topological polar surface area (TPSA) is 12.0 Å². The van der Waals surface area contributed by atoms with E-state index in [4.69, 9.17) is 0 Å². The Balaban J connectivity index is 1.65. The van der Waals surface area contributed by atoms with Gasteiger partial charge in [-0.25, -0.2) is 0 Å². The molecule has 0 amide bonds. The molecule has 0 aromatic carbocycles. The van der Waals surface area contributed by atoms with Crippen LogP contribution in [0.2, 0.25) is 0 Å². The van der Waals surface area contributed by atoms with Crippen LogP contribution in [0.15, 0.2) is 17.5 Å². The van der Waals surface area contributed by atoms with Crippen molar-refractivity contribution in [2.45, 2.75) is 38.4 Å². The van der Waals surface area contributed by atoms with Gasteiger partial charge in [0.15, 0.2) is 0 Å². The molecule has 0 radical (unpaired) electrons. The van der Waals surface area contributed by atoms with E-state index >= 15 is 0 Å². The summed E-state index contributed by atoms with van der Waals surface area (Å²) in [6.45, 7) is 1.67. The van der Waals surface area contributed by atoms with Crippen LogP contribution in [-0.2, 0) is 6.54 Å². The molecule has 1 heterocycles. The van der Waals surface area contributed by atoms with Gasteiger partial charge in [-0.2, -0.15) is 13.2 Å². The molecule has 1 nitrogen and oxygen atoms in total. The van der Waals surface area contributed by atoms with E-state index in [0.717, 1.165) is 13.1 Å². The van der Waals surface area contributed by atoms with Crippen molar-refractivity contribution in [3.8, 4) is 0 Å². The Morgan fingerprint density at radius 1 is 1.22 bits per heavy atom. The summed E-state index contributed by atoms with van der Waals surface area (Å²) < 4.78 is 37.5. The molecule has 0 atom stereocenters. The highest BCUT2D eigenvalue weighted by Gasteiger charge is 2.41. The van der Waals surface area contributed by atoms with Gasteiger partial charge in [-0.15, -0.1) is 11.3 Å². The standard InChI is InChI=1S/C13H18F3NS/c14-13(15,16)11-5-3-10(4-6-11)8-17-9-12-2-1-7-18-12/h1-2,7,10-11,17H,3-6,8-9H2. The number of alkyl halides is 3. The van der Waals surface area contributed by atoms with Gasteiger partial charge < -0.3 is 5.32 Å². The summed E-state index contributed by atoms with van der Waals surface area (Å²) in [5.41, 5.74) is 0. The van der Waals surface area contributed by atoms with Crippen molar-refractivity contribution in [3.05, 3.63) is 22.4 Å². The Kier molecular flexibility index (Phi) is 4.67. The van der Waals surface area contributed by atoms with Gasteiger partial charge in [0.05, 0.1) is 5.92 Å². The third kappa shape index (κ3) is 3.99. The second kappa shape index (κ2) is 6.06. The van der Waals surface area contributed by atoms with Crippen LogP contribution in [0.3, 0.4) is 0 Å². The third-order valence-corrected chi connectivity index (χ3v) is 4.50. The zero-order valence-electron chi connectivity index (χ0n) is 10.2. The highest BCUT2D eigenvalue weighted by molar-refractivity contribution is 7.09. The fourth-order valence-electron chi connectivity index (χ4n) is 2.51. The van der Waals surface area contributed by atoms with Gasteiger partial charge in [-0.3, -0.25) is 0 Å². The lowest BCUT2D eigenvalue weighted by Gasteiger charge is -2.29. The second-order valence-electron chi connectivity index (χ2n) is 4.97. The number of nitrogens with one attached hydrogen (secondary N) is 1. The maximum Gasteiger partial charge on any atom is 0.391 e. The highest BCUT2D eigenvalue weighted by atomic mass is 32.1. The maximum absolute atomic E-state index is 12.5. The minimum Gasteiger partial charge on any atom is -0.312 e. The second-order valence-corrected chi connectivity index (χ2v) is 6.00. The predicted octanol–water partition coefficient (Wildman–Crippen LogP) is 4.21. The lowest BCUT2D eigenvalue weighted by molar-refractivity contribution is -0.183. The molecular formula is C13H18F3NS. The molecule has 1 aliphatic carbocycles. The van der Waals surface area contributed by atoms with Crippen molar-refractivity contribution in [3.63, 3.8) is 0 Å². The van der Waals surface area contributed by atoms with Crippen LogP contribution >= 0.6 is 11.3 Å². The van der Waals surface area contributed by atoms with Crippen LogP contribution in [0.1, 0.15) is 30.6 Å². The zero-order valence-corrected chi connectivity index (χ0v) is 11.0. The van der Waals surface area contributed by atoms with Crippen LogP contribution in [0.25, 0.3) is 0 Å². The number of thiophene rings is 1. The van der Waals surface area contributed by atoms with Crippen molar-refractivity contribution < 1.29 is 13.2 Å². The fourth-order valence-corrected chi connectivity index (χ4v) is 3.18. The van der Waals surface area contributed by atoms with E-state index in [-0.39, 0.29) is 0 Å². The molecule has 1 saturated carbocycles. The van der Waals surface area contributed by atoms with Gasteiger partial charge in [0.25, 0.3) is 0 Å². The lowest BCUT2D eigenvalue weighted by atomic mass is 9.81. The van der Waals surface area contributed by atoms with Gasteiger partial charge in [0.1, 0.15) is 0 Å². The summed E-state index contributed by atoms with van der Waals surface area (Å²) in [5.74, 6) is -0.658. The first kappa shape index (κ1) is 13.9. The van der Waals surface area contributed by atoms with Gasteiger partial charge in [-0.1, -0.05) is 6.07 Å². The molecule has 2 rings (SSSR count). The SMILES string of the molecule is FC(F)(F)C1CCC(CNCc2cccs2)CC1. The van der Waals surface area contributed by atoms with Crippen LogP contribution in [-0.4, -0.2) is 12.7 Å². The highest BCUT2D eigenvalue weighted by Crippen LogP contribution is 2.39. The normalized spacial score (nSPS) is 25.3. The maximum atomic E-state index is 12.5. The number of halogens is 3. The fraction of sp³-hybridized carbons (Fsp3) is 0.692. The average molecular weight is 277 g/mol. The predicted molar refractivity (Wildman–Crippen MR) is 67.5 cm³/mol. The van der Waals surface area contributed by atoms with Crippen molar-refractivity contribution >= 4 is 11.3 Å². The molecule has 5 heteroatoms. The first-order valence-corrected chi connectivity index (χ1v) is 7.23. The number of hydrogen-bond acceptors (Lipinski definition) is 2. The van der Waals surface area contributed by atoms with Crippen molar-refractivity contribution in [1.29, 1.82) is 0 Å². The first-order valence-electron chi connectivity index (χ1n) is 6.35. The van der Waals surface area contributed by atoms with Gasteiger partial charge in [-0.05, 0) is 49.6 Å². The van der Waals surface area contributed by atoms with E-state index in [2.05, 4.69) is 11.4 Å². The largest absolute Gasteiger partial charge is 0.391 e. The molecule has 18 heavy (non-hydrogen) atoms. The van der Waals surface area contributed by atoms with Crippen LogP contribution in [0.4, 0.5) is 13.2 Å². The molecule has 102 valence electrons. The Hall–Kier alpha value is -0.550. The van der Waals surface area contributed by atoms with E-state index in [1.165, 1.54) is 4.88 Å². The van der Waals surface area contributed by atoms with Gasteiger partial charge in [0, 0.05) is 11.4 Å². The smallest absolute Gasteiger partial charge is 0.312 e. The molecule has 1 N–H and O–H groups in total. The molecule has 1 fully saturated rings. The van der Waals surface area contributed by atoms with Gasteiger partial charge in [0.2, 0.25) is 0 Å². The zero-order chi connectivity index (χ0) is 13.0. The van der Waals surface area contributed by atoms with Crippen molar-refractivity contribution in [1.82, 2.24) is 5.32 Å². The molecule has 0 unspecified atom stereocenters. The van der Waals surface area contributed by atoms with E-state index in [1.54, 1.807) is 11.3 Å². The van der Waals surface area contributed by atoms with Gasteiger partial charge >= 0.3 is 6.18 Å². The van der Waals surface area contributed by atoms with E-state index in [0.29, 0.717) is 31.6 Å². The van der Waals surface area contributed by atoms with E-state index in [1.807, 2.05) is 11.4 Å². The third-order valence-electron chi connectivity index (χ3n) is 3.62. The quantitative estimate of drug-likeness (QED) is 0.869. The molecule has 0 bridgehead atoms. The summed E-state index contributed by atoms with van der Waals surface area (Å²) in [6, 6.07) is 4.08. The van der Waals surface area contributed by atoms with Crippen LogP contribution in [0, 0.1) is 11.8 Å². The van der Waals surface area contributed by atoms with E-state index < -0.39 is 12.1 Å². The molecule has 0 aliphatic heterocycles. The number of rotatable bonds is 4. The molecule has 1 aromatic rings.